The Morgan fingerprint density at radius 3 is 2.45 bits per heavy atom. The summed E-state index contributed by atoms with van der Waals surface area (Å²) in [7, 11) is 0. The summed E-state index contributed by atoms with van der Waals surface area (Å²) < 4.78 is 6.77. The zero-order chi connectivity index (χ0) is 15.6. The minimum Gasteiger partial charge on any atom is -0.466 e. The van der Waals surface area contributed by atoms with Gasteiger partial charge in [0.1, 0.15) is 0 Å². The Kier molecular flexibility index (Phi) is 4.59. The highest BCUT2D eigenvalue weighted by Crippen LogP contribution is 2.28. The number of esters is 1. The largest absolute Gasteiger partial charge is 0.466 e. The Morgan fingerprint density at radius 2 is 2.00 bits per heavy atom. The van der Waals surface area contributed by atoms with Crippen LogP contribution >= 0.6 is 0 Å². The van der Waals surface area contributed by atoms with Gasteiger partial charge in [0.05, 0.1) is 35.7 Å². The van der Waals surface area contributed by atoms with Crippen molar-refractivity contribution >= 4 is 5.97 Å². The molecule has 1 rings (SSSR count). The topological polar surface area (TPSA) is 67.9 Å². The Morgan fingerprint density at radius 1 is 1.40 bits per heavy atom. The minimum atomic E-state index is -0.689. The number of aromatic nitrogens is 2. The molecule has 5 heteroatoms. The number of hydrogen-bond acceptors (Lipinski definition) is 4. The second-order valence-corrected chi connectivity index (χ2v) is 6.32. The van der Waals surface area contributed by atoms with Crippen LogP contribution in [0.3, 0.4) is 0 Å². The van der Waals surface area contributed by atoms with Crippen molar-refractivity contribution in [3.05, 3.63) is 17.5 Å². The molecule has 0 fully saturated rings. The van der Waals surface area contributed by atoms with Crippen molar-refractivity contribution in [2.75, 3.05) is 6.61 Å². The highest BCUT2D eigenvalue weighted by atomic mass is 16.5. The normalized spacial score (nSPS) is 12.1. The lowest BCUT2D eigenvalue weighted by Gasteiger charge is -2.19. The van der Waals surface area contributed by atoms with Crippen LogP contribution in [0.4, 0.5) is 0 Å². The zero-order valence-corrected chi connectivity index (χ0v) is 13.1. The quantitative estimate of drug-likeness (QED) is 0.793. The van der Waals surface area contributed by atoms with Gasteiger partial charge >= 0.3 is 5.97 Å². The van der Waals surface area contributed by atoms with Crippen LogP contribution in [0.5, 0.6) is 0 Å². The molecule has 20 heavy (non-hydrogen) atoms. The van der Waals surface area contributed by atoms with Crippen LogP contribution in [0.25, 0.3) is 0 Å². The van der Waals surface area contributed by atoms with Gasteiger partial charge in [-0.3, -0.25) is 9.48 Å². The van der Waals surface area contributed by atoms with Gasteiger partial charge < -0.3 is 4.74 Å². The van der Waals surface area contributed by atoms with Crippen molar-refractivity contribution in [2.24, 2.45) is 0 Å². The summed E-state index contributed by atoms with van der Waals surface area (Å²) in [6.07, 6.45) is 1.95. The average molecular weight is 277 g/mol. The van der Waals surface area contributed by atoms with Crippen LogP contribution in [0.2, 0.25) is 0 Å². The molecule has 5 nitrogen and oxygen atoms in total. The van der Waals surface area contributed by atoms with E-state index in [1.165, 1.54) is 0 Å². The monoisotopic (exact) mass is 277 g/mol. The molecule has 0 saturated heterocycles. The van der Waals surface area contributed by atoms with Crippen molar-refractivity contribution in [3.63, 3.8) is 0 Å². The van der Waals surface area contributed by atoms with Crippen LogP contribution in [0, 0.1) is 11.3 Å². The van der Waals surface area contributed by atoms with E-state index in [-0.39, 0.29) is 17.9 Å². The summed E-state index contributed by atoms with van der Waals surface area (Å²) in [6.45, 7) is 11.8. The van der Waals surface area contributed by atoms with E-state index in [1.807, 2.05) is 40.8 Å². The SMILES string of the molecule is CCOC(=O)Cc1nn(C(C)(C)C)cc1C(C)(C)C#N. The van der Waals surface area contributed by atoms with Gasteiger partial charge in [0, 0.05) is 11.8 Å². The first-order valence-corrected chi connectivity index (χ1v) is 6.78. The number of rotatable bonds is 4. The van der Waals surface area contributed by atoms with E-state index < -0.39 is 5.41 Å². The van der Waals surface area contributed by atoms with Gasteiger partial charge in [-0.25, -0.2) is 0 Å². The molecule has 1 aromatic rings. The second kappa shape index (κ2) is 5.66. The predicted molar refractivity (Wildman–Crippen MR) is 76.2 cm³/mol. The van der Waals surface area contributed by atoms with Gasteiger partial charge in [0.2, 0.25) is 0 Å². The van der Waals surface area contributed by atoms with Crippen molar-refractivity contribution < 1.29 is 9.53 Å². The molecule has 1 heterocycles. The molecular weight excluding hydrogens is 254 g/mol. The fraction of sp³-hybridized carbons (Fsp3) is 0.667. The maximum Gasteiger partial charge on any atom is 0.311 e. The number of ether oxygens (including phenoxy) is 1. The average Bonchev–Trinajstić information content (AvgIpc) is 2.73. The first-order chi connectivity index (χ1) is 9.11. The highest BCUT2D eigenvalue weighted by Gasteiger charge is 2.29. The number of hydrogen-bond donors (Lipinski definition) is 0. The van der Waals surface area contributed by atoms with Crippen LogP contribution in [-0.2, 0) is 26.9 Å². The smallest absolute Gasteiger partial charge is 0.311 e. The van der Waals surface area contributed by atoms with Crippen molar-refractivity contribution in [2.45, 2.75) is 58.9 Å². The molecule has 0 aliphatic heterocycles. The van der Waals surface area contributed by atoms with Crippen LogP contribution in [-0.4, -0.2) is 22.4 Å². The van der Waals surface area contributed by atoms with Crippen molar-refractivity contribution in [3.8, 4) is 6.07 Å². The molecule has 0 aliphatic carbocycles. The molecule has 0 saturated carbocycles. The molecule has 0 radical (unpaired) electrons. The Balaban J connectivity index is 3.24. The molecule has 0 unspecified atom stereocenters. The summed E-state index contributed by atoms with van der Waals surface area (Å²) in [5.74, 6) is -0.318. The van der Waals surface area contributed by atoms with E-state index in [0.717, 1.165) is 5.56 Å². The maximum absolute atomic E-state index is 11.7. The van der Waals surface area contributed by atoms with Crippen LogP contribution < -0.4 is 0 Å². The van der Waals surface area contributed by atoms with Crippen molar-refractivity contribution in [1.82, 2.24) is 9.78 Å². The number of nitrogens with zero attached hydrogens (tertiary/aromatic N) is 3. The summed E-state index contributed by atoms with van der Waals surface area (Å²) in [4.78, 5) is 11.7. The van der Waals surface area contributed by atoms with E-state index in [2.05, 4.69) is 11.2 Å². The van der Waals surface area contributed by atoms with Gasteiger partial charge in [-0.1, -0.05) is 0 Å². The molecule has 0 spiro atoms. The molecule has 0 aromatic carbocycles. The van der Waals surface area contributed by atoms with E-state index in [9.17, 15) is 10.1 Å². The third-order valence-corrected chi connectivity index (χ3v) is 3.05. The number of nitriles is 1. The highest BCUT2D eigenvalue weighted by molar-refractivity contribution is 5.72. The predicted octanol–water partition coefficient (Wildman–Crippen LogP) is 2.54. The summed E-state index contributed by atoms with van der Waals surface area (Å²) in [6, 6.07) is 2.26. The lowest BCUT2D eigenvalue weighted by molar-refractivity contribution is -0.142. The molecule has 0 atom stereocenters. The molecule has 0 aliphatic rings. The molecule has 0 bridgehead atoms. The van der Waals surface area contributed by atoms with Gasteiger partial charge in [-0.2, -0.15) is 10.4 Å². The summed E-state index contributed by atoms with van der Waals surface area (Å²) in [5, 5.41) is 13.8. The first-order valence-electron chi connectivity index (χ1n) is 6.78. The van der Waals surface area contributed by atoms with E-state index in [4.69, 9.17) is 4.74 Å². The third-order valence-electron chi connectivity index (χ3n) is 3.05. The van der Waals surface area contributed by atoms with Gasteiger partial charge in [-0.05, 0) is 41.5 Å². The lowest BCUT2D eigenvalue weighted by atomic mass is 9.86. The van der Waals surface area contributed by atoms with E-state index in [0.29, 0.717) is 12.3 Å². The van der Waals surface area contributed by atoms with E-state index in [1.54, 1.807) is 11.6 Å². The second-order valence-electron chi connectivity index (χ2n) is 6.32. The number of carbonyl (C=O) groups is 1. The Hall–Kier alpha value is -1.83. The molecule has 1 aromatic heterocycles. The number of carbonyl (C=O) groups excluding carboxylic acids is 1. The molecule has 110 valence electrons. The molecular formula is C15H23N3O2. The van der Waals surface area contributed by atoms with Crippen LogP contribution in [0.15, 0.2) is 6.20 Å². The van der Waals surface area contributed by atoms with Crippen molar-refractivity contribution in [1.29, 1.82) is 5.26 Å². The lowest BCUT2D eigenvalue weighted by Crippen LogP contribution is -2.22. The standard InChI is InChI=1S/C15H23N3O2/c1-7-20-13(19)8-12-11(15(5,6)10-16)9-18(17-12)14(2,3)4/h9H,7-8H2,1-6H3. The van der Waals surface area contributed by atoms with E-state index >= 15 is 0 Å². The molecule has 0 N–H and O–H groups in total. The van der Waals surface area contributed by atoms with Gasteiger partial charge in [0.25, 0.3) is 0 Å². The molecule has 0 amide bonds. The van der Waals surface area contributed by atoms with Gasteiger partial charge in [0.15, 0.2) is 0 Å². The first kappa shape index (κ1) is 16.2. The third kappa shape index (κ3) is 3.60. The Bertz CT molecular complexity index is 530. The zero-order valence-electron chi connectivity index (χ0n) is 13.1. The Labute approximate surface area is 120 Å². The summed E-state index contributed by atoms with van der Waals surface area (Å²) >= 11 is 0. The van der Waals surface area contributed by atoms with Gasteiger partial charge in [-0.15, -0.1) is 0 Å². The maximum atomic E-state index is 11.7. The minimum absolute atomic E-state index is 0.0946. The fourth-order valence-corrected chi connectivity index (χ4v) is 1.81. The van der Waals surface area contributed by atoms with Crippen LogP contribution in [0.1, 0.15) is 52.8 Å². The summed E-state index contributed by atoms with van der Waals surface area (Å²) in [5.41, 5.74) is 0.506. The fourth-order valence-electron chi connectivity index (χ4n) is 1.81.